The summed E-state index contributed by atoms with van der Waals surface area (Å²) < 4.78 is 28.2. The zero-order valence-electron chi connectivity index (χ0n) is 14.7. The Labute approximate surface area is 153 Å². The highest BCUT2D eigenvalue weighted by molar-refractivity contribution is 7.89. The van der Waals surface area contributed by atoms with E-state index >= 15 is 0 Å². The highest BCUT2D eigenvalue weighted by atomic mass is 32.2. The molecule has 0 spiro atoms. The quantitative estimate of drug-likeness (QED) is 0.862. The summed E-state index contributed by atoms with van der Waals surface area (Å²) in [6, 6.07) is 10.6. The molecule has 3 atom stereocenters. The summed E-state index contributed by atoms with van der Waals surface area (Å²) in [5.74, 6) is 0.437. The van der Waals surface area contributed by atoms with Crippen LogP contribution in [-0.4, -0.2) is 37.8 Å². The van der Waals surface area contributed by atoms with Gasteiger partial charge in [-0.05, 0) is 36.8 Å². The van der Waals surface area contributed by atoms with Crippen molar-refractivity contribution < 1.29 is 13.2 Å². The second-order valence-corrected chi connectivity index (χ2v) is 9.23. The second-order valence-electron chi connectivity index (χ2n) is 7.33. The van der Waals surface area contributed by atoms with Crippen LogP contribution in [0.5, 0.6) is 0 Å². The van der Waals surface area contributed by atoms with Crippen LogP contribution >= 0.6 is 0 Å². The van der Waals surface area contributed by atoms with Gasteiger partial charge < -0.3 is 11.1 Å². The summed E-state index contributed by atoms with van der Waals surface area (Å²) in [6.45, 7) is 2.48. The maximum atomic E-state index is 13.3. The number of hydrogen-bond acceptors (Lipinski definition) is 4. The van der Waals surface area contributed by atoms with Crippen LogP contribution in [0.4, 0.5) is 5.69 Å². The molecule has 1 amide bonds. The molecule has 1 aliphatic carbocycles. The van der Waals surface area contributed by atoms with Crippen molar-refractivity contribution in [3.63, 3.8) is 0 Å². The van der Waals surface area contributed by atoms with Gasteiger partial charge >= 0.3 is 0 Å². The molecule has 4 rings (SSSR count). The number of sulfonamides is 1. The topological polar surface area (TPSA) is 92.5 Å². The van der Waals surface area contributed by atoms with Gasteiger partial charge in [0, 0.05) is 42.5 Å². The van der Waals surface area contributed by atoms with E-state index in [0.717, 1.165) is 18.2 Å². The number of fused-ring (bicyclic) bond motifs is 2. The Morgan fingerprint density at radius 3 is 2.54 bits per heavy atom. The molecule has 7 heteroatoms. The molecular formula is C19H23N3O3S. The lowest BCUT2D eigenvalue weighted by Crippen LogP contribution is -2.33. The fourth-order valence-corrected chi connectivity index (χ4v) is 6.13. The second kappa shape index (κ2) is 6.33. The molecule has 26 heavy (non-hydrogen) atoms. The van der Waals surface area contributed by atoms with Crippen LogP contribution in [0.1, 0.15) is 19.8 Å². The summed E-state index contributed by atoms with van der Waals surface area (Å²) in [4.78, 5) is 11.7. The van der Waals surface area contributed by atoms with Crippen molar-refractivity contribution in [1.82, 2.24) is 4.31 Å². The predicted molar refractivity (Wildman–Crippen MR) is 101 cm³/mol. The Kier molecular flexibility index (Phi) is 4.25. The fraction of sp³-hybridized carbons (Fsp3) is 0.421. The monoisotopic (exact) mass is 373 g/mol. The van der Waals surface area contributed by atoms with E-state index in [2.05, 4.69) is 5.32 Å². The zero-order valence-corrected chi connectivity index (χ0v) is 15.5. The SMILES string of the molecule is CC(=O)Nc1ccc(S(=O)(=O)N2CC3CCC(N)C3C2)c2ccccc12. The van der Waals surface area contributed by atoms with Crippen molar-refractivity contribution in [1.29, 1.82) is 0 Å². The molecule has 3 unspecified atom stereocenters. The lowest BCUT2D eigenvalue weighted by atomic mass is 9.98. The van der Waals surface area contributed by atoms with Crippen molar-refractivity contribution in [3.8, 4) is 0 Å². The maximum absolute atomic E-state index is 13.3. The smallest absolute Gasteiger partial charge is 0.243 e. The van der Waals surface area contributed by atoms with Crippen LogP contribution in [0, 0.1) is 11.8 Å². The first-order valence-electron chi connectivity index (χ1n) is 8.93. The van der Waals surface area contributed by atoms with E-state index in [-0.39, 0.29) is 22.8 Å². The third kappa shape index (κ3) is 2.80. The molecule has 0 aromatic heterocycles. The molecule has 138 valence electrons. The van der Waals surface area contributed by atoms with Gasteiger partial charge in [0.2, 0.25) is 15.9 Å². The average Bonchev–Trinajstić information content (AvgIpc) is 3.17. The first kappa shape index (κ1) is 17.5. The number of carbonyl (C=O) groups excluding carboxylic acids is 1. The molecule has 1 saturated carbocycles. The van der Waals surface area contributed by atoms with E-state index in [1.807, 2.05) is 18.2 Å². The normalized spacial score (nSPS) is 26.2. The Morgan fingerprint density at radius 1 is 1.12 bits per heavy atom. The summed E-state index contributed by atoms with van der Waals surface area (Å²) in [5, 5.41) is 4.12. The number of nitrogens with two attached hydrogens (primary N) is 1. The van der Waals surface area contributed by atoms with Gasteiger partial charge in [-0.15, -0.1) is 0 Å². The van der Waals surface area contributed by atoms with Crippen LogP contribution in [0.25, 0.3) is 10.8 Å². The number of rotatable bonds is 3. The van der Waals surface area contributed by atoms with Gasteiger partial charge in [0.05, 0.1) is 4.90 Å². The molecule has 0 radical (unpaired) electrons. The molecule has 2 aromatic rings. The van der Waals surface area contributed by atoms with Crippen molar-refractivity contribution >= 4 is 32.4 Å². The Morgan fingerprint density at radius 2 is 1.85 bits per heavy atom. The number of benzene rings is 2. The van der Waals surface area contributed by atoms with Crippen molar-refractivity contribution in [2.75, 3.05) is 18.4 Å². The molecule has 1 heterocycles. The average molecular weight is 373 g/mol. The van der Waals surface area contributed by atoms with Gasteiger partial charge in [-0.2, -0.15) is 4.31 Å². The predicted octanol–water partition coefficient (Wildman–Crippen LogP) is 2.16. The third-order valence-electron chi connectivity index (χ3n) is 5.69. The van der Waals surface area contributed by atoms with Crippen LogP contribution in [0.2, 0.25) is 0 Å². The molecule has 1 aliphatic heterocycles. The number of nitrogens with zero attached hydrogens (tertiary/aromatic N) is 1. The van der Waals surface area contributed by atoms with Crippen LogP contribution in [-0.2, 0) is 14.8 Å². The molecule has 1 saturated heterocycles. The highest BCUT2D eigenvalue weighted by Crippen LogP contribution is 2.40. The van der Waals surface area contributed by atoms with Gasteiger partial charge in [0.1, 0.15) is 0 Å². The summed E-state index contributed by atoms with van der Waals surface area (Å²) in [6.07, 6.45) is 1.98. The lowest BCUT2D eigenvalue weighted by molar-refractivity contribution is -0.114. The molecule has 6 nitrogen and oxygen atoms in total. The van der Waals surface area contributed by atoms with E-state index in [1.165, 1.54) is 6.92 Å². The summed E-state index contributed by atoms with van der Waals surface area (Å²) in [7, 11) is -3.61. The molecule has 0 bridgehead atoms. The summed E-state index contributed by atoms with van der Waals surface area (Å²) >= 11 is 0. The largest absolute Gasteiger partial charge is 0.327 e. The molecule has 3 N–H and O–H groups in total. The zero-order chi connectivity index (χ0) is 18.5. The van der Waals surface area contributed by atoms with Gasteiger partial charge in [-0.25, -0.2) is 8.42 Å². The van der Waals surface area contributed by atoms with Crippen LogP contribution in [0.3, 0.4) is 0 Å². The molecular weight excluding hydrogens is 350 g/mol. The van der Waals surface area contributed by atoms with Crippen LogP contribution < -0.4 is 11.1 Å². The van der Waals surface area contributed by atoms with Gasteiger partial charge in [-0.3, -0.25) is 4.79 Å². The maximum Gasteiger partial charge on any atom is 0.243 e. The first-order chi connectivity index (χ1) is 12.4. The van der Waals surface area contributed by atoms with E-state index in [1.54, 1.807) is 22.5 Å². The number of amides is 1. The fourth-order valence-electron chi connectivity index (χ4n) is 4.40. The summed E-state index contributed by atoms with van der Waals surface area (Å²) in [5.41, 5.74) is 6.78. The van der Waals surface area contributed by atoms with E-state index in [9.17, 15) is 13.2 Å². The standard InChI is InChI=1S/C19H23N3O3S/c1-12(23)21-18-8-9-19(15-5-3-2-4-14(15)18)26(24,25)22-10-13-6-7-17(20)16(13)11-22/h2-5,8-9,13,16-17H,6-7,10-11,20H2,1H3,(H,21,23). The molecule has 2 fully saturated rings. The van der Waals surface area contributed by atoms with Gasteiger partial charge in [0.25, 0.3) is 0 Å². The minimum Gasteiger partial charge on any atom is -0.327 e. The van der Waals surface area contributed by atoms with E-state index in [4.69, 9.17) is 5.73 Å². The Hall–Kier alpha value is -1.96. The lowest BCUT2D eigenvalue weighted by Gasteiger charge is -2.20. The number of hydrogen-bond donors (Lipinski definition) is 2. The Balaban J connectivity index is 1.76. The first-order valence-corrected chi connectivity index (χ1v) is 10.4. The highest BCUT2D eigenvalue weighted by Gasteiger charge is 2.45. The third-order valence-corrected chi connectivity index (χ3v) is 7.58. The minimum absolute atomic E-state index is 0.0964. The molecule has 2 aliphatic rings. The van der Waals surface area contributed by atoms with E-state index in [0.29, 0.717) is 30.1 Å². The van der Waals surface area contributed by atoms with Crippen molar-refractivity contribution in [2.24, 2.45) is 17.6 Å². The van der Waals surface area contributed by atoms with Gasteiger partial charge in [-0.1, -0.05) is 24.3 Å². The van der Waals surface area contributed by atoms with Crippen molar-refractivity contribution in [3.05, 3.63) is 36.4 Å². The number of carbonyl (C=O) groups is 1. The minimum atomic E-state index is -3.61. The van der Waals surface area contributed by atoms with Gasteiger partial charge in [0.15, 0.2) is 0 Å². The van der Waals surface area contributed by atoms with E-state index < -0.39 is 10.0 Å². The number of nitrogens with one attached hydrogen (secondary N) is 1. The Bertz CT molecular complexity index is 973. The van der Waals surface area contributed by atoms with Crippen molar-refractivity contribution in [2.45, 2.75) is 30.7 Å². The molecule has 2 aromatic carbocycles. The van der Waals surface area contributed by atoms with Crippen LogP contribution in [0.15, 0.2) is 41.3 Å². The number of anilines is 1.